The first-order valence-electron chi connectivity index (χ1n) is 6.98. The number of hydrogen-bond acceptors (Lipinski definition) is 0. The van der Waals surface area contributed by atoms with Crippen molar-refractivity contribution < 1.29 is 0 Å². The second-order valence-corrected chi connectivity index (χ2v) is 6.53. The molecule has 0 aliphatic carbocycles. The molecule has 0 bridgehead atoms. The zero-order valence-corrected chi connectivity index (χ0v) is 13.0. The largest absolute Gasteiger partial charge is 0.0620 e. The molecule has 0 atom stereocenters. The topological polar surface area (TPSA) is 0 Å². The zero-order valence-electron chi connectivity index (χ0n) is 13.0. The predicted molar refractivity (Wildman–Crippen MR) is 84.8 cm³/mol. The molecule has 0 saturated carbocycles. The maximum atomic E-state index is 2.37. The molecule has 0 aliphatic heterocycles. The van der Waals surface area contributed by atoms with Gasteiger partial charge in [0.05, 0.1) is 0 Å². The first-order chi connectivity index (χ1) is 8.80. The van der Waals surface area contributed by atoms with Crippen LogP contribution in [0.3, 0.4) is 0 Å². The second kappa shape index (κ2) is 4.85. The lowest BCUT2D eigenvalue weighted by Crippen LogP contribution is -2.14. The maximum Gasteiger partial charge on any atom is -0.0129 e. The van der Waals surface area contributed by atoms with Crippen LogP contribution in [-0.4, -0.2) is 0 Å². The van der Waals surface area contributed by atoms with Crippen molar-refractivity contribution in [3.63, 3.8) is 0 Å². The van der Waals surface area contributed by atoms with Gasteiger partial charge in [-0.25, -0.2) is 0 Å². The molecule has 0 fully saturated rings. The molecule has 0 aliphatic rings. The Morgan fingerprint density at radius 3 is 2.00 bits per heavy atom. The molecule has 100 valence electrons. The van der Waals surface area contributed by atoms with Gasteiger partial charge in [0.25, 0.3) is 0 Å². The van der Waals surface area contributed by atoms with Crippen molar-refractivity contribution in [3.05, 3.63) is 58.7 Å². The lowest BCUT2D eigenvalue weighted by molar-refractivity contribution is 0.585. The minimum absolute atomic E-state index is 0.188. The average molecular weight is 252 g/mol. The monoisotopic (exact) mass is 252 g/mol. The molecule has 0 amide bonds. The van der Waals surface area contributed by atoms with Crippen LogP contribution in [0.1, 0.15) is 43.0 Å². The molecule has 2 aromatic rings. The summed E-state index contributed by atoms with van der Waals surface area (Å²) in [5.41, 5.74) is 8.46. The minimum Gasteiger partial charge on any atom is -0.0620 e. The summed E-state index contributed by atoms with van der Waals surface area (Å²) in [4.78, 5) is 0. The highest BCUT2D eigenvalue weighted by Crippen LogP contribution is 2.33. The van der Waals surface area contributed by atoms with Crippen LogP contribution in [0.5, 0.6) is 0 Å². The predicted octanol–water partition coefficient (Wildman–Crippen LogP) is 5.58. The molecule has 0 nitrogen and oxygen atoms in total. The van der Waals surface area contributed by atoms with E-state index in [0.717, 1.165) is 0 Å². The van der Waals surface area contributed by atoms with Crippen molar-refractivity contribution in [2.24, 2.45) is 0 Å². The van der Waals surface area contributed by atoms with Crippen LogP contribution in [0.2, 0.25) is 0 Å². The zero-order chi connectivity index (χ0) is 14.2. The van der Waals surface area contributed by atoms with Gasteiger partial charge in [-0.2, -0.15) is 0 Å². The van der Waals surface area contributed by atoms with Crippen LogP contribution in [0.25, 0.3) is 11.1 Å². The standard InChI is InChI=1S/C19H24/c1-13-9-7-8-10-17(13)16-11-14(2)15(3)18(12-16)19(4,5)6/h7-12H,1-6H3. The van der Waals surface area contributed by atoms with E-state index in [2.05, 4.69) is 77.9 Å². The third kappa shape index (κ3) is 2.73. The molecule has 2 aromatic carbocycles. The molecule has 2 rings (SSSR count). The van der Waals surface area contributed by atoms with E-state index in [0.29, 0.717) is 0 Å². The summed E-state index contributed by atoms with van der Waals surface area (Å²) in [6.45, 7) is 13.5. The third-order valence-corrected chi connectivity index (χ3v) is 3.93. The van der Waals surface area contributed by atoms with Gasteiger partial charge in [0, 0.05) is 0 Å². The molecule has 19 heavy (non-hydrogen) atoms. The SMILES string of the molecule is Cc1ccccc1-c1cc(C)c(C)c(C(C)(C)C)c1. The molecular weight excluding hydrogens is 228 g/mol. The van der Waals surface area contributed by atoms with Gasteiger partial charge in [-0.05, 0) is 59.6 Å². The Bertz CT molecular complexity index is 598. The Labute approximate surface area is 117 Å². The van der Waals surface area contributed by atoms with Gasteiger partial charge in [-0.3, -0.25) is 0 Å². The number of aryl methyl sites for hydroxylation is 2. The molecule has 0 heteroatoms. The first kappa shape index (κ1) is 13.9. The number of benzene rings is 2. The lowest BCUT2D eigenvalue weighted by atomic mass is 9.80. The van der Waals surface area contributed by atoms with Crippen molar-refractivity contribution in [3.8, 4) is 11.1 Å². The van der Waals surface area contributed by atoms with Crippen molar-refractivity contribution in [2.75, 3.05) is 0 Å². The maximum absolute atomic E-state index is 2.37. The fourth-order valence-electron chi connectivity index (χ4n) is 2.69. The summed E-state index contributed by atoms with van der Waals surface area (Å²) in [5, 5.41) is 0. The molecule has 0 saturated heterocycles. The molecule has 0 heterocycles. The fourth-order valence-corrected chi connectivity index (χ4v) is 2.69. The highest BCUT2D eigenvalue weighted by molar-refractivity contribution is 5.69. The average Bonchev–Trinajstić information content (AvgIpc) is 2.31. The van der Waals surface area contributed by atoms with Crippen LogP contribution in [0.4, 0.5) is 0 Å². The molecule has 0 unspecified atom stereocenters. The van der Waals surface area contributed by atoms with Gasteiger partial charge < -0.3 is 0 Å². The quantitative estimate of drug-likeness (QED) is 0.622. The van der Waals surface area contributed by atoms with Gasteiger partial charge >= 0.3 is 0 Å². The van der Waals surface area contributed by atoms with Gasteiger partial charge in [-0.1, -0.05) is 57.2 Å². The van der Waals surface area contributed by atoms with Crippen molar-refractivity contribution in [2.45, 2.75) is 47.0 Å². The summed E-state index contributed by atoms with van der Waals surface area (Å²) in [5.74, 6) is 0. The summed E-state index contributed by atoms with van der Waals surface area (Å²) in [7, 11) is 0. The Kier molecular flexibility index (Phi) is 3.54. The van der Waals surface area contributed by atoms with E-state index in [-0.39, 0.29) is 5.41 Å². The first-order valence-corrected chi connectivity index (χ1v) is 6.98. The second-order valence-electron chi connectivity index (χ2n) is 6.53. The Morgan fingerprint density at radius 2 is 1.42 bits per heavy atom. The van der Waals surface area contributed by atoms with Gasteiger partial charge in [0.15, 0.2) is 0 Å². The van der Waals surface area contributed by atoms with E-state index in [1.165, 1.54) is 33.4 Å². The van der Waals surface area contributed by atoms with Gasteiger partial charge in [0.1, 0.15) is 0 Å². The molecule has 0 aromatic heterocycles. The fraction of sp³-hybridized carbons (Fsp3) is 0.368. The minimum atomic E-state index is 0.188. The normalized spacial score (nSPS) is 11.7. The van der Waals surface area contributed by atoms with Crippen LogP contribution >= 0.6 is 0 Å². The van der Waals surface area contributed by atoms with Crippen LogP contribution in [0.15, 0.2) is 36.4 Å². The van der Waals surface area contributed by atoms with Crippen molar-refractivity contribution in [1.82, 2.24) is 0 Å². The van der Waals surface area contributed by atoms with E-state index >= 15 is 0 Å². The Morgan fingerprint density at radius 1 is 0.789 bits per heavy atom. The third-order valence-electron chi connectivity index (χ3n) is 3.93. The van der Waals surface area contributed by atoms with Crippen LogP contribution < -0.4 is 0 Å². The van der Waals surface area contributed by atoms with Gasteiger partial charge in [0.2, 0.25) is 0 Å². The van der Waals surface area contributed by atoms with E-state index in [9.17, 15) is 0 Å². The number of rotatable bonds is 1. The summed E-state index contributed by atoms with van der Waals surface area (Å²) in [6.07, 6.45) is 0. The highest BCUT2D eigenvalue weighted by Gasteiger charge is 2.18. The molecule has 0 N–H and O–H groups in total. The number of hydrogen-bond donors (Lipinski definition) is 0. The van der Waals surface area contributed by atoms with Crippen molar-refractivity contribution in [1.29, 1.82) is 0 Å². The summed E-state index contributed by atoms with van der Waals surface area (Å²) >= 11 is 0. The van der Waals surface area contributed by atoms with Gasteiger partial charge in [-0.15, -0.1) is 0 Å². The van der Waals surface area contributed by atoms with E-state index in [4.69, 9.17) is 0 Å². The van der Waals surface area contributed by atoms with E-state index in [1.807, 2.05) is 0 Å². The highest BCUT2D eigenvalue weighted by atomic mass is 14.2. The van der Waals surface area contributed by atoms with E-state index in [1.54, 1.807) is 0 Å². The lowest BCUT2D eigenvalue weighted by Gasteiger charge is -2.24. The molecule has 0 spiro atoms. The van der Waals surface area contributed by atoms with E-state index < -0.39 is 0 Å². The van der Waals surface area contributed by atoms with Crippen LogP contribution in [-0.2, 0) is 5.41 Å². The molecular formula is C19H24. The van der Waals surface area contributed by atoms with Crippen molar-refractivity contribution >= 4 is 0 Å². The van der Waals surface area contributed by atoms with Crippen LogP contribution in [0, 0.1) is 20.8 Å². The molecule has 0 radical (unpaired) electrons. The Balaban J connectivity index is 2.68. The Hall–Kier alpha value is -1.56. The smallest absolute Gasteiger partial charge is 0.0129 e. The summed E-state index contributed by atoms with van der Waals surface area (Å²) in [6, 6.07) is 13.3. The summed E-state index contributed by atoms with van der Waals surface area (Å²) < 4.78 is 0.